The molecule has 5 heterocycles. The zero-order valence-electron chi connectivity index (χ0n) is 17.9. The Labute approximate surface area is 172 Å². The van der Waals surface area contributed by atoms with Gasteiger partial charge in [0.05, 0.1) is 17.3 Å². The molecule has 0 atom stereocenters. The molecule has 0 bridgehead atoms. The smallest absolute Gasteiger partial charge is 0.229 e. The van der Waals surface area contributed by atoms with Gasteiger partial charge >= 0.3 is 0 Å². The fourth-order valence-corrected chi connectivity index (χ4v) is 5.41. The summed E-state index contributed by atoms with van der Waals surface area (Å²) in [5.41, 5.74) is 3.20. The first-order valence-electron chi connectivity index (χ1n) is 11.0. The SMILES string of the molecule is CC(C)(C)N1CCC2(CCN(c3c4c(nc5ccnn35)CCNCC4)CC2)C1=O. The zero-order chi connectivity index (χ0) is 20.2. The average molecular weight is 397 g/mol. The quantitative estimate of drug-likeness (QED) is 0.799. The number of rotatable bonds is 1. The lowest BCUT2D eigenvalue weighted by Gasteiger charge is -2.41. The summed E-state index contributed by atoms with van der Waals surface area (Å²) in [5.74, 6) is 1.57. The molecule has 3 aliphatic rings. The van der Waals surface area contributed by atoms with E-state index in [4.69, 9.17) is 4.98 Å². The first-order chi connectivity index (χ1) is 13.9. The van der Waals surface area contributed by atoms with E-state index in [1.807, 2.05) is 16.8 Å². The second-order valence-electron chi connectivity index (χ2n) is 9.86. The van der Waals surface area contributed by atoms with Crippen molar-refractivity contribution in [2.75, 3.05) is 37.6 Å². The molecule has 0 aliphatic carbocycles. The highest BCUT2D eigenvalue weighted by atomic mass is 16.2. The molecule has 0 radical (unpaired) electrons. The number of anilines is 1. The number of carbonyl (C=O) groups is 1. The number of amides is 1. The van der Waals surface area contributed by atoms with Crippen molar-refractivity contribution in [3.63, 3.8) is 0 Å². The maximum atomic E-state index is 13.3. The third-order valence-corrected chi connectivity index (χ3v) is 7.12. The highest BCUT2D eigenvalue weighted by molar-refractivity contribution is 5.86. The highest BCUT2D eigenvalue weighted by Gasteiger charge is 2.50. The molecule has 3 aliphatic heterocycles. The second kappa shape index (κ2) is 6.69. The van der Waals surface area contributed by atoms with Crippen LogP contribution in [0.4, 0.5) is 5.82 Å². The van der Waals surface area contributed by atoms with Gasteiger partial charge in [0.1, 0.15) is 5.82 Å². The van der Waals surface area contributed by atoms with Gasteiger partial charge in [0.2, 0.25) is 5.91 Å². The van der Waals surface area contributed by atoms with E-state index in [1.54, 1.807) is 0 Å². The van der Waals surface area contributed by atoms with E-state index in [1.165, 1.54) is 17.1 Å². The van der Waals surface area contributed by atoms with Gasteiger partial charge in [-0.1, -0.05) is 0 Å². The first kappa shape index (κ1) is 18.9. The molecule has 2 aromatic rings. The molecule has 2 aromatic heterocycles. The van der Waals surface area contributed by atoms with Crippen molar-refractivity contribution < 1.29 is 4.79 Å². The summed E-state index contributed by atoms with van der Waals surface area (Å²) in [6.45, 7) is 11.1. The van der Waals surface area contributed by atoms with Crippen molar-refractivity contribution >= 4 is 17.4 Å². The Morgan fingerprint density at radius 2 is 1.79 bits per heavy atom. The molecular weight excluding hydrogens is 364 g/mol. The number of piperidine rings is 1. The summed E-state index contributed by atoms with van der Waals surface area (Å²) >= 11 is 0. The van der Waals surface area contributed by atoms with Crippen molar-refractivity contribution in [1.29, 1.82) is 0 Å². The van der Waals surface area contributed by atoms with Crippen molar-refractivity contribution in [2.24, 2.45) is 5.41 Å². The molecule has 29 heavy (non-hydrogen) atoms. The van der Waals surface area contributed by atoms with Crippen LogP contribution in [0.3, 0.4) is 0 Å². The standard InChI is InChI=1S/C22H32N6O/c1-21(2,3)27-15-9-22(20(27)29)7-13-26(14-8-22)19-16-4-10-23-11-5-17(16)25-18-6-12-24-28(18)19/h6,12,23H,4-5,7-11,13-15H2,1-3H3. The van der Waals surface area contributed by atoms with Gasteiger partial charge in [-0.05, 0) is 53.0 Å². The third-order valence-electron chi connectivity index (χ3n) is 7.12. The Morgan fingerprint density at radius 3 is 2.52 bits per heavy atom. The lowest BCUT2D eigenvalue weighted by molar-refractivity contribution is -0.140. The van der Waals surface area contributed by atoms with Crippen LogP contribution in [0.5, 0.6) is 0 Å². The largest absolute Gasteiger partial charge is 0.356 e. The van der Waals surface area contributed by atoms with Crippen molar-refractivity contribution in [3.8, 4) is 0 Å². The summed E-state index contributed by atoms with van der Waals surface area (Å²) in [6.07, 6.45) is 6.63. The summed E-state index contributed by atoms with van der Waals surface area (Å²) in [6, 6.07) is 2.00. The molecule has 0 saturated carbocycles. The Hall–Kier alpha value is -2.15. The topological polar surface area (TPSA) is 65.8 Å². The minimum absolute atomic E-state index is 0.0889. The second-order valence-corrected chi connectivity index (χ2v) is 9.86. The maximum absolute atomic E-state index is 13.3. The summed E-state index contributed by atoms with van der Waals surface area (Å²) in [7, 11) is 0. The molecule has 1 spiro atoms. The first-order valence-corrected chi connectivity index (χ1v) is 11.0. The molecule has 5 rings (SSSR count). The van der Waals surface area contributed by atoms with Gasteiger partial charge in [0.15, 0.2) is 5.65 Å². The average Bonchev–Trinajstić information content (AvgIpc) is 3.18. The van der Waals surface area contributed by atoms with Crippen LogP contribution in [0.25, 0.3) is 5.65 Å². The van der Waals surface area contributed by atoms with Crippen molar-refractivity contribution in [1.82, 2.24) is 24.8 Å². The molecule has 1 N–H and O–H groups in total. The van der Waals surface area contributed by atoms with Gasteiger partial charge < -0.3 is 15.1 Å². The fourth-order valence-electron chi connectivity index (χ4n) is 5.41. The van der Waals surface area contributed by atoms with Crippen LogP contribution >= 0.6 is 0 Å². The van der Waals surface area contributed by atoms with E-state index >= 15 is 0 Å². The summed E-state index contributed by atoms with van der Waals surface area (Å²) < 4.78 is 2.01. The van der Waals surface area contributed by atoms with E-state index in [0.29, 0.717) is 5.91 Å². The molecule has 156 valence electrons. The Morgan fingerprint density at radius 1 is 1.07 bits per heavy atom. The third kappa shape index (κ3) is 3.01. The molecule has 0 unspecified atom stereocenters. The number of nitrogens with one attached hydrogen (secondary N) is 1. The van der Waals surface area contributed by atoms with Crippen molar-refractivity contribution in [3.05, 3.63) is 23.5 Å². The van der Waals surface area contributed by atoms with Gasteiger partial charge in [-0.25, -0.2) is 4.98 Å². The minimum atomic E-state index is -0.168. The van der Waals surface area contributed by atoms with Crippen LogP contribution in [0.1, 0.15) is 51.3 Å². The number of nitrogens with zero attached hydrogens (tertiary/aromatic N) is 5. The predicted octanol–water partition coefficient (Wildman–Crippen LogP) is 2.03. The molecule has 2 saturated heterocycles. The molecule has 2 fully saturated rings. The van der Waals surface area contributed by atoms with Gasteiger partial charge in [-0.15, -0.1) is 0 Å². The lowest BCUT2D eigenvalue weighted by atomic mass is 9.77. The van der Waals surface area contributed by atoms with E-state index in [-0.39, 0.29) is 11.0 Å². The lowest BCUT2D eigenvalue weighted by Crippen LogP contribution is -2.49. The molecular formula is C22H32N6O. The van der Waals surface area contributed by atoms with E-state index in [2.05, 4.69) is 41.0 Å². The van der Waals surface area contributed by atoms with Gasteiger partial charge in [0.25, 0.3) is 0 Å². The number of carbonyl (C=O) groups excluding carboxylic acids is 1. The molecule has 1 amide bonds. The normalized spacial score (nSPS) is 22.4. The monoisotopic (exact) mass is 396 g/mol. The Bertz CT molecular complexity index is 935. The molecule has 7 heteroatoms. The number of likely N-dealkylation sites (tertiary alicyclic amines) is 1. The van der Waals surface area contributed by atoms with E-state index in [9.17, 15) is 4.79 Å². The number of aromatic nitrogens is 3. The van der Waals surface area contributed by atoms with Crippen LogP contribution < -0.4 is 10.2 Å². The number of hydrogen-bond donors (Lipinski definition) is 1. The molecule has 7 nitrogen and oxygen atoms in total. The minimum Gasteiger partial charge on any atom is -0.356 e. The van der Waals surface area contributed by atoms with Crippen LogP contribution in [0.2, 0.25) is 0 Å². The maximum Gasteiger partial charge on any atom is 0.229 e. The van der Waals surface area contributed by atoms with E-state index in [0.717, 1.165) is 70.5 Å². The van der Waals surface area contributed by atoms with Crippen LogP contribution in [0.15, 0.2) is 12.3 Å². The Balaban J connectivity index is 1.45. The number of hydrogen-bond acceptors (Lipinski definition) is 5. The van der Waals surface area contributed by atoms with Gasteiger partial charge in [-0.3, -0.25) is 4.79 Å². The number of fused-ring (bicyclic) bond motifs is 2. The predicted molar refractivity (Wildman–Crippen MR) is 113 cm³/mol. The highest BCUT2D eigenvalue weighted by Crippen LogP contribution is 2.44. The van der Waals surface area contributed by atoms with Gasteiger partial charge in [0, 0.05) is 49.8 Å². The Kier molecular flexibility index (Phi) is 4.35. The van der Waals surface area contributed by atoms with Crippen molar-refractivity contribution in [2.45, 2.75) is 58.4 Å². The van der Waals surface area contributed by atoms with Crippen LogP contribution in [-0.2, 0) is 17.6 Å². The molecule has 0 aromatic carbocycles. The van der Waals surface area contributed by atoms with Crippen LogP contribution in [-0.4, -0.2) is 63.7 Å². The van der Waals surface area contributed by atoms with Crippen LogP contribution in [0, 0.1) is 5.41 Å². The van der Waals surface area contributed by atoms with E-state index < -0.39 is 0 Å². The van der Waals surface area contributed by atoms with Gasteiger partial charge in [-0.2, -0.15) is 9.61 Å². The fraction of sp³-hybridized carbons (Fsp3) is 0.682. The zero-order valence-corrected chi connectivity index (χ0v) is 17.9. The summed E-state index contributed by atoms with van der Waals surface area (Å²) in [5, 5.41) is 8.09. The summed E-state index contributed by atoms with van der Waals surface area (Å²) in [4.78, 5) is 22.7.